The van der Waals surface area contributed by atoms with Crippen molar-refractivity contribution in [1.29, 1.82) is 0 Å². The van der Waals surface area contributed by atoms with Crippen LogP contribution in [-0.4, -0.2) is 63.2 Å². The molecule has 3 atom stereocenters. The van der Waals surface area contributed by atoms with Crippen molar-refractivity contribution in [2.45, 2.75) is 58.2 Å². The van der Waals surface area contributed by atoms with Crippen LogP contribution < -0.4 is 15.7 Å². The first kappa shape index (κ1) is 34.8. The van der Waals surface area contributed by atoms with Gasteiger partial charge in [-0.2, -0.15) is 0 Å². The van der Waals surface area contributed by atoms with Gasteiger partial charge < -0.3 is 20.5 Å². The molecule has 48 heavy (non-hydrogen) atoms. The summed E-state index contributed by atoms with van der Waals surface area (Å²) in [6.07, 6.45) is 2.70. The molecule has 252 valence electrons. The summed E-state index contributed by atoms with van der Waals surface area (Å²) in [5.74, 6) is -1.67. The Labute approximate surface area is 280 Å². The maximum absolute atomic E-state index is 13.7. The third-order valence-corrected chi connectivity index (χ3v) is 10.0. The third kappa shape index (κ3) is 8.66. The largest absolute Gasteiger partial charge is 0.361 e. The highest BCUT2D eigenvalue weighted by molar-refractivity contribution is 7.55. The van der Waals surface area contributed by atoms with Crippen LogP contribution in [0.2, 0.25) is 0 Å². The Kier molecular flexibility index (Phi) is 11.3. The molecule has 3 aromatic carbocycles. The van der Waals surface area contributed by atoms with Crippen LogP contribution in [0, 0.1) is 5.92 Å². The maximum Gasteiger partial charge on any atom is 0.267 e. The van der Waals surface area contributed by atoms with Crippen molar-refractivity contribution in [3.63, 3.8) is 0 Å². The van der Waals surface area contributed by atoms with Gasteiger partial charge in [-0.3, -0.25) is 28.6 Å². The number of nitrogens with one attached hydrogen (secondary N) is 4. The zero-order valence-corrected chi connectivity index (χ0v) is 28.0. The summed E-state index contributed by atoms with van der Waals surface area (Å²) in [6.45, 7) is 4.21. The molecule has 5 rings (SSSR count). The number of benzene rings is 3. The Hall–Kier alpha value is -4.57. The number of rotatable bonds is 16. The molecule has 11 nitrogen and oxygen atoms in total. The topological polar surface area (TPSA) is 161 Å². The van der Waals surface area contributed by atoms with Gasteiger partial charge in [0.05, 0.1) is 17.2 Å². The number of para-hydroxylation sites is 1. The summed E-state index contributed by atoms with van der Waals surface area (Å²) in [6, 6.07) is 21.8. The van der Waals surface area contributed by atoms with Crippen molar-refractivity contribution >= 4 is 42.1 Å². The van der Waals surface area contributed by atoms with E-state index in [2.05, 4.69) is 20.7 Å². The van der Waals surface area contributed by atoms with Crippen molar-refractivity contribution < 1.29 is 28.6 Å². The second-order valence-corrected chi connectivity index (χ2v) is 14.7. The fourth-order valence-electron chi connectivity index (χ4n) is 5.95. The van der Waals surface area contributed by atoms with Crippen LogP contribution in [0.15, 0.2) is 85.1 Å². The Morgan fingerprint density at radius 1 is 0.854 bits per heavy atom. The predicted molar refractivity (Wildman–Crippen MR) is 184 cm³/mol. The first-order chi connectivity index (χ1) is 23.0. The van der Waals surface area contributed by atoms with E-state index in [1.165, 1.54) is 0 Å². The fourth-order valence-corrected chi connectivity index (χ4v) is 7.44. The number of hydrogen-bond acceptors (Lipinski definition) is 5. The number of unbranched alkanes of at least 4 members (excludes halogenated alkanes) is 1. The smallest absolute Gasteiger partial charge is 0.267 e. The molecule has 0 radical (unpaired) electrons. The molecule has 1 aliphatic rings. The van der Waals surface area contributed by atoms with Crippen molar-refractivity contribution in [3.8, 4) is 0 Å². The molecule has 0 spiro atoms. The third-order valence-electron chi connectivity index (χ3n) is 8.39. The number of aromatic nitrogens is 1. The quantitative estimate of drug-likeness (QED) is 0.0651. The van der Waals surface area contributed by atoms with Gasteiger partial charge in [-0.1, -0.05) is 74.5 Å². The number of carbonyl (C=O) groups excluding carboxylic acids is 4. The molecule has 0 saturated carbocycles. The number of H-pyrrole nitrogens is 1. The van der Waals surface area contributed by atoms with E-state index in [9.17, 15) is 28.6 Å². The molecule has 2 heterocycles. The van der Waals surface area contributed by atoms with Crippen LogP contribution in [0.1, 0.15) is 65.0 Å². The average molecular weight is 672 g/mol. The number of carbonyl (C=O) groups is 4. The molecule has 4 aromatic rings. The molecule has 0 saturated heterocycles. The minimum absolute atomic E-state index is 0.000971. The molecule has 4 amide bonds. The molecule has 1 aliphatic heterocycles. The van der Waals surface area contributed by atoms with Gasteiger partial charge in [0.2, 0.25) is 11.8 Å². The first-order valence-electron chi connectivity index (χ1n) is 16.2. The standard InChI is InChI=1S/C36H42N5O6P/c1-24(2)20-32(40-48(46,47)19-11-10-18-41-35(44)28-15-6-7-16-29(28)36(41)45)34(43)39-31(33(42)38-22-25-12-4-3-5-13-25)21-26-23-37-30-17-9-8-14-27(26)30/h3-9,12-17,23-24,31-32,37H,10-11,18-22H2,1-2H3,(H,38,42)(H,39,43)(H2,40,46,47)/t31-,32-/m0/s1. The lowest BCUT2D eigenvalue weighted by Gasteiger charge is -2.26. The first-order valence-corrected chi connectivity index (χ1v) is 18.1. The monoisotopic (exact) mass is 671 g/mol. The fraction of sp³-hybridized carbons (Fsp3) is 0.333. The van der Waals surface area contributed by atoms with E-state index >= 15 is 0 Å². The van der Waals surface area contributed by atoms with Gasteiger partial charge >= 0.3 is 0 Å². The highest BCUT2D eigenvalue weighted by atomic mass is 31.2. The van der Waals surface area contributed by atoms with E-state index in [4.69, 9.17) is 0 Å². The second-order valence-electron chi connectivity index (χ2n) is 12.6. The lowest BCUT2D eigenvalue weighted by molar-refractivity contribution is -0.130. The number of amides is 4. The summed E-state index contributed by atoms with van der Waals surface area (Å²) in [4.78, 5) is 67.8. The molecular weight excluding hydrogens is 629 g/mol. The summed E-state index contributed by atoms with van der Waals surface area (Å²) in [5, 5.41) is 9.41. The minimum atomic E-state index is -4.02. The van der Waals surface area contributed by atoms with Gasteiger partial charge in [-0.05, 0) is 54.5 Å². The zero-order valence-electron chi connectivity index (χ0n) is 27.1. The Morgan fingerprint density at radius 3 is 2.19 bits per heavy atom. The van der Waals surface area contributed by atoms with Crippen molar-refractivity contribution in [2.75, 3.05) is 12.7 Å². The van der Waals surface area contributed by atoms with Crippen molar-refractivity contribution in [2.24, 2.45) is 5.92 Å². The zero-order chi connectivity index (χ0) is 34.3. The summed E-state index contributed by atoms with van der Waals surface area (Å²) >= 11 is 0. The van der Waals surface area contributed by atoms with Crippen LogP contribution in [0.4, 0.5) is 0 Å². The Balaban J connectivity index is 1.23. The van der Waals surface area contributed by atoms with Gasteiger partial charge in [-0.25, -0.2) is 5.09 Å². The number of aromatic amines is 1. The maximum atomic E-state index is 13.7. The number of hydrogen-bond donors (Lipinski definition) is 5. The second kappa shape index (κ2) is 15.6. The van der Waals surface area contributed by atoms with Crippen molar-refractivity contribution in [3.05, 3.63) is 107 Å². The summed E-state index contributed by atoms with van der Waals surface area (Å²) in [5.41, 5.74) is 3.38. The van der Waals surface area contributed by atoms with Crippen LogP contribution >= 0.6 is 7.52 Å². The molecule has 12 heteroatoms. The SMILES string of the molecule is CC(C)C[C@H](NP(=O)(O)CCCCN1C(=O)c2ccccc2C1=O)C(=O)N[C@@H](Cc1c[nH]c2ccccc12)C(=O)NCc1ccccc1. The molecule has 5 N–H and O–H groups in total. The molecule has 1 unspecified atom stereocenters. The lowest BCUT2D eigenvalue weighted by Crippen LogP contribution is -2.53. The predicted octanol–water partition coefficient (Wildman–Crippen LogP) is 4.78. The van der Waals surface area contributed by atoms with E-state index < -0.39 is 25.5 Å². The molecule has 0 bridgehead atoms. The summed E-state index contributed by atoms with van der Waals surface area (Å²) < 4.78 is 13.3. The van der Waals surface area contributed by atoms with E-state index in [1.807, 2.05) is 74.6 Å². The Morgan fingerprint density at radius 2 is 1.50 bits per heavy atom. The van der Waals surface area contributed by atoms with E-state index in [-0.39, 0.29) is 62.2 Å². The van der Waals surface area contributed by atoms with E-state index in [1.54, 1.807) is 24.3 Å². The van der Waals surface area contributed by atoms with Crippen molar-refractivity contribution in [1.82, 2.24) is 25.6 Å². The van der Waals surface area contributed by atoms with Gasteiger partial charge in [0.25, 0.3) is 19.3 Å². The number of imide groups is 1. The van der Waals surface area contributed by atoms with Gasteiger partial charge in [0.1, 0.15) is 6.04 Å². The molecule has 0 fully saturated rings. The molecule has 1 aromatic heterocycles. The van der Waals surface area contributed by atoms with Crippen LogP contribution in [0.5, 0.6) is 0 Å². The van der Waals surface area contributed by atoms with Crippen LogP contribution in [0.3, 0.4) is 0 Å². The van der Waals surface area contributed by atoms with Gasteiger partial charge in [-0.15, -0.1) is 0 Å². The van der Waals surface area contributed by atoms with Crippen LogP contribution in [0.25, 0.3) is 10.9 Å². The minimum Gasteiger partial charge on any atom is -0.361 e. The normalized spacial score (nSPS) is 15.3. The van der Waals surface area contributed by atoms with E-state index in [0.717, 1.165) is 26.9 Å². The number of fused-ring (bicyclic) bond motifs is 2. The number of nitrogens with zero attached hydrogens (tertiary/aromatic N) is 1. The van der Waals surface area contributed by atoms with Gasteiger partial charge in [0.15, 0.2) is 0 Å². The average Bonchev–Trinajstić information content (AvgIpc) is 3.59. The molecule has 0 aliphatic carbocycles. The lowest BCUT2D eigenvalue weighted by atomic mass is 10.0. The molecular formula is C36H42N5O6P. The van der Waals surface area contributed by atoms with Gasteiger partial charge in [0, 0.05) is 42.8 Å². The van der Waals surface area contributed by atoms with Crippen LogP contribution in [-0.2, 0) is 27.1 Å². The summed E-state index contributed by atoms with van der Waals surface area (Å²) in [7, 11) is -4.02. The Bertz CT molecular complexity index is 1790. The van der Waals surface area contributed by atoms with E-state index in [0.29, 0.717) is 17.5 Å². The highest BCUT2D eigenvalue weighted by Gasteiger charge is 2.35. The highest BCUT2D eigenvalue weighted by Crippen LogP contribution is 2.38.